The summed E-state index contributed by atoms with van der Waals surface area (Å²) in [5.41, 5.74) is 1.63. The predicted molar refractivity (Wildman–Crippen MR) is 96.0 cm³/mol. The van der Waals surface area contributed by atoms with Gasteiger partial charge >= 0.3 is 5.97 Å². The van der Waals surface area contributed by atoms with Crippen LogP contribution in [0.4, 0.5) is 5.69 Å². The summed E-state index contributed by atoms with van der Waals surface area (Å²) in [5, 5.41) is 20.5. The lowest BCUT2D eigenvalue weighted by Gasteiger charge is -2.29. The molecule has 0 bridgehead atoms. The van der Waals surface area contributed by atoms with Crippen molar-refractivity contribution in [2.75, 3.05) is 18.1 Å². The third-order valence-corrected chi connectivity index (χ3v) is 4.57. The van der Waals surface area contributed by atoms with E-state index in [1.165, 1.54) is 17.4 Å². The molecule has 0 saturated carbocycles. The summed E-state index contributed by atoms with van der Waals surface area (Å²) in [6.45, 7) is 0.0919. The first-order chi connectivity index (χ1) is 12.6. The van der Waals surface area contributed by atoms with Crippen molar-refractivity contribution in [2.24, 2.45) is 0 Å². The summed E-state index contributed by atoms with van der Waals surface area (Å²) in [6.07, 6.45) is 4.61. The zero-order valence-electron chi connectivity index (χ0n) is 13.7. The van der Waals surface area contributed by atoms with Gasteiger partial charge in [0.15, 0.2) is 6.61 Å². The molecule has 132 valence electrons. The molecule has 8 heteroatoms. The van der Waals surface area contributed by atoms with E-state index in [-0.39, 0.29) is 11.5 Å². The SMILES string of the molecule is N#C/C(=C\c1nccs1)C(=O)N1CCCc2cc(OCC(=O)O)ccc21. The Hall–Kier alpha value is -3.18. The Morgan fingerprint density at radius 2 is 2.31 bits per heavy atom. The Morgan fingerprint density at radius 1 is 1.46 bits per heavy atom. The number of aliphatic carboxylic acids is 1. The maximum absolute atomic E-state index is 12.8. The number of amides is 1. The van der Waals surface area contributed by atoms with Crippen molar-refractivity contribution in [1.82, 2.24) is 4.98 Å². The molecule has 0 unspecified atom stereocenters. The molecule has 26 heavy (non-hydrogen) atoms. The van der Waals surface area contributed by atoms with Gasteiger partial charge in [0.1, 0.15) is 22.4 Å². The first-order valence-corrected chi connectivity index (χ1v) is 8.77. The molecule has 1 aliphatic heterocycles. The quantitative estimate of drug-likeness (QED) is 0.641. The number of nitrogens with zero attached hydrogens (tertiary/aromatic N) is 3. The van der Waals surface area contributed by atoms with Crippen LogP contribution in [0, 0.1) is 11.3 Å². The fourth-order valence-corrected chi connectivity index (χ4v) is 3.30. The van der Waals surface area contributed by atoms with Gasteiger partial charge in [0.2, 0.25) is 0 Å². The molecule has 7 nitrogen and oxygen atoms in total. The van der Waals surface area contributed by atoms with Gasteiger partial charge in [-0.25, -0.2) is 9.78 Å². The minimum absolute atomic E-state index is 0.0269. The van der Waals surface area contributed by atoms with E-state index < -0.39 is 12.6 Å². The number of nitriles is 1. The van der Waals surface area contributed by atoms with E-state index in [4.69, 9.17) is 9.84 Å². The molecule has 0 aliphatic carbocycles. The van der Waals surface area contributed by atoms with Crippen LogP contribution in [0.5, 0.6) is 5.75 Å². The number of fused-ring (bicyclic) bond motifs is 1. The van der Waals surface area contributed by atoms with Gasteiger partial charge in [-0.05, 0) is 42.7 Å². The lowest BCUT2D eigenvalue weighted by atomic mass is 10.0. The van der Waals surface area contributed by atoms with Crippen molar-refractivity contribution in [3.05, 3.63) is 45.9 Å². The number of aromatic nitrogens is 1. The number of carboxylic acids is 1. The highest BCUT2D eigenvalue weighted by atomic mass is 32.1. The molecule has 0 radical (unpaired) electrons. The number of ether oxygens (including phenoxy) is 1. The van der Waals surface area contributed by atoms with Crippen LogP contribution in [0.25, 0.3) is 6.08 Å². The van der Waals surface area contributed by atoms with Crippen molar-refractivity contribution in [1.29, 1.82) is 5.26 Å². The highest BCUT2D eigenvalue weighted by Gasteiger charge is 2.25. The van der Waals surface area contributed by atoms with E-state index >= 15 is 0 Å². The smallest absolute Gasteiger partial charge is 0.341 e. The van der Waals surface area contributed by atoms with Crippen LogP contribution in [0.15, 0.2) is 35.3 Å². The first-order valence-electron chi connectivity index (χ1n) is 7.89. The fourth-order valence-electron chi connectivity index (χ4n) is 2.74. The monoisotopic (exact) mass is 369 g/mol. The van der Waals surface area contributed by atoms with Crippen LogP contribution in [0.2, 0.25) is 0 Å². The zero-order valence-corrected chi connectivity index (χ0v) is 14.5. The van der Waals surface area contributed by atoms with Crippen molar-refractivity contribution in [2.45, 2.75) is 12.8 Å². The Balaban J connectivity index is 1.85. The summed E-state index contributed by atoms with van der Waals surface area (Å²) < 4.78 is 5.19. The van der Waals surface area contributed by atoms with Gasteiger partial charge in [0.25, 0.3) is 5.91 Å². The zero-order chi connectivity index (χ0) is 18.5. The van der Waals surface area contributed by atoms with Crippen molar-refractivity contribution < 1.29 is 19.4 Å². The second-order valence-electron chi connectivity index (χ2n) is 5.57. The van der Waals surface area contributed by atoms with Crippen molar-refractivity contribution in [3.63, 3.8) is 0 Å². The number of hydrogen-bond acceptors (Lipinski definition) is 6. The lowest BCUT2D eigenvalue weighted by Crippen LogP contribution is -2.36. The minimum atomic E-state index is -1.05. The second kappa shape index (κ2) is 7.80. The Morgan fingerprint density at radius 3 is 3.00 bits per heavy atom. The molecule has 0 spiro atoms. The topological polar surface area (TPSA) is 104 Å². The molecule has 2 aromatic rings. The number of thiazole rings is 1. The Kier molecular flexibility index (Phi) is 5.29. The Labute approximate surface area is 153 Å². The maximum atomic E-state index is 12.8. The summed E-state index contributed by atoms with van der Waals surface area (Å²) >= 11 is 1.35. The number of hydrogen-bond donors (Lipinski definition) is 1. The van der Waals surface area contributed by atoms with Crippen LogP contribution in [0.3, 0.4) is 0 Å². The molecule has 0 saturated heterocycles. The number of anilines is 1. The normalized spacial score (nSPS) is 13.7. The largest absolute Gasteiger partial charge is 0.482 e. The average molecular weight is 369 g/mol. The number of carbonyl (C=O) groups excluding carboxylic acids is 1. The summed E-state index contributed by atoms with van der Waals surface area (Å²) in [7, 11) is 0. The number of carbonyl (C=O) groups is 2. The highest BCUT2D eigenvalue weighted by molar-refractivity contribution is 7.10. The molecule has 1 aliphatic rings. The fraction of sp³-hybridized carbons (Fsp3) is 0.222. The molecule has 2 heterocycles. The van der Waals surface area contributed by atoms with Crippen LogP contribution in [-0.4, -0.2) is 35.1 Å². The van der Waals surface area contributed by atoms with E-state index in [0.717, 1.165) is 18.4 Å². The molecule has 3 rings (SSSR count). The third kappa shape index (κ3) is 3.90. The lowest BCUT2D eigenvalue weighted by molar-refractivity contribution is -0.139. The van der Waals surface area contributed by atoms with Gasteiger partial charge in [0.05, 0.1) is 0 Å². The van der Waals surface area contributed by atoms with Gasteiger partial charge in [-0.3, -0.25) is 4.79 Å². The highest BCUT2D eigenvalue weighted by Crippen LogP contribution is 2.31. The van der Waals surface area contributed by atoms with Gasteiger partial charge in [-0.1, -0.05) is 0 Å². The number of aryl methyl sites for hydroxylation is 1. The standard InChI is InChI=1S/C18H15N3O4S/c19-10-13(9-16-20-5-7-26-16)18(24)21-6-1-2-12-8-14(3-4-15(12)21)25-11-17(22)23/h3-5,7-9H,1-2,6,11H2,(H,22,23)/b13-9+. The van der Waals surface area contributed by atoms with E-state index in [9.17, 15) is 14.9 Å². The first kappa shape index (κ1) is 17.6. The molecule has 1 N–H and O–H groups in total. The van der Waals surface area contributed by atoms with E-state index in [2.05, 4.69) is 4.98 Å². The number of benzene rings is 1. The van der Waals surface area contributed by atoms with Gasteiger partial charge < -0.3 is 14.7 Å². The van der Waals surface area contributed by atoms with E-state index in [1.54, 1.807) is 34.7 Å². The van der Waals surface area contributed by atoms with Crippen molar-refractivity contribution in [3.8, 4) is 11.8 Å². The number of carboxylic acid groups (broad SMARTS) is 1. The molecule has 1 amide bonds. The molecule has 1 aromatic carbocycles. The molecule has 1 aromatic heterocycles. The number of rotatable bonds is 5. The van der Waals surface area contributed by atoms with Gasteiger partial charge in [-0.15, -0.1) is 11.3 Å². The van der Waals surface area contributed by atoms with E-state index in [1.807, 2.05) is 6.07 Å². The molecular weight excluding hydrogens is 354 g/mol. The minimum Gasteiger partial charge on any atom is -0.482 e. The molecule has 0 atom stereocenters. The second-order valence-corrected chi connectivity index (χ2v) is 6.50. The molecular formula is C18H15N3O4S. The van der Waals surface area contributed by atoms with Gasteiger partial charge in [-0.2, -0.15) is 5.26 Å². The summed E-state index contributed by atoms with van der Waals surface area (Å²) in [5.74, 6) is -0.979. The van der Waals surface area contributed by atoms with Crippen molar-refractivity contribution >= 4 is 35.0 Å². The predicted octanol–water partition coefficient (Wildman–Crippen LogP) is 2.49. The third-order valence-electron chi connectivity index (χ3n) is 3.85. The maximum Gasteiger partial charge on any atom is 0.341 e. The Bertz CT molecular complexity index is 900. The summed E-state index contributed by atoms with van der Waals surface area (Å²) in [4.78, 5) is 29.1. The average Bonchev–Trinajstić information content (AvgIpc) is 3.16. The van der Waals surface area contributed by atoms with Crippen LogP contribution in [0.1, 0.15) is 17.0 Å². The molecule has 0 fully saturated rings. The van der Waals surface area contributed by atoms with Crippen LogP contribution >= 0.6 is 11.3 Å². The van der Waals surface area contributed by atoms with E-state index in [0.29, 0.717) is 23.0 Å². The van der Waals surface area contributed by atoms with Gasteiger partial charge in [0, 0.05) is 23.8 Å². The van der Waals surface area contributed by atoms with Crippen LogP contribution < -0.4 is 9.64 Å². The summed E-state index contributed by atoms with van der Waals surface area (Å²) in [6, 6.07) is 7.06. The van der Waals surface area contributed by atoms with Crippen LogP contribution in [-0.2, 0) is 16.0 Å².